The van der Waals surface area contributed by atoms with Crippen LogP contribution in [0.3, 0.4) is 0 Å². The van der Waals surface area contributed by atoms with Gasteiger partial charge < -0.3 is 5.32 Å². The fraction of sp³-hybridized carbons (Fsp3) is 0.267. The zero-order valence-electron chi connectivity index (χ0n) is 12.0. The Hall–Kier alpha value is -2.21. The molecule has 2 heterocycles. The van der Waals surface area contributed by atoms with Crippen LogP contribution in [-0.4, -0.2) is 16.8 Å². The first-order valence-corrected chi connectivity index (χ1v) is 7.47. The van der Waals surface area contributed by atoms with E-state index in [1.165, 1.54) is 4.88 Å². The van der Waals surface area contributed by atoms with Gasteiger partial charge in [0, 0.05) is 10.6 Å². The van der Waals surface area contributed by atoms with Crippen LogP contribution < -0.4 is 10.6 Å². The maximum atomic E-state index is 11.7. The van der Waals surface area contributed by atoms with E-state index in [0.29, 0.717) is 11.1 Å². The topological polar surface area (TPSA) is 71.1 Å². The molecular formula is C15H15N3O2S. The van der Waals surface area contributed by atoms with Crippen LogP contribution in [0.15, 0.2) is 18.2 Å². The van der Waals surface area contributed by atoms with Crippen LogP contribution in [0.1, 0.15) is 49.3 Å². The van der Waals surface area contributed by atoms with Crippen LogP contribution in [0.4, 0.5) is 5.69 Å². The summed E-state index contributed by atoms with van der Waals surface area (Å²) >= 11 is 1.67. The van der Waals surface area contributed by atoms with Crippen molar-refractivity contribution in [2.24, 2.45) is 0 Å². The van der Waals surface area contributed by atoms with Gasteiger partial charge in [0.25, 0.3) is 11.8 Å². The van der Waals surface area contributed by atoms with Crippen molar-refractivity contribution in [3.8, 4) is 0 Å². The van der Waals surface area contributed by atoms with Gasteiger partial charge in [-0.3, -0.25) is 14.9 Å². The molecule has 0 bridgehead atoms. The first-order chi connectivity index (χ1) is 9.95. The number of nitrogens with zero attached hydrogens (tertiary/aromatic N) is 1. The van der Waals surface area contributed by atoms with E-state index >= 15 is 0 Å². The molecule has 1 atom stereocenters. The van der Waals surface area contributed by atoms with Gasteiger partial charge in [0.1, 0.15) is 0 Å². The van der Waals surface area contributed by atoms with Crippen LogP contribution in [0.2, 0.25) is 0 Å². The molecule has 1 aliphatic heterocycles. The van der Waals surface area contributed by atoms with E-state index in [4.69, 9.17) is 0 Å². The lowest BCUT2D eigenvalue weighted by Gasteiger charge is -2.14. The van der Waals surface area contributed by atoms with Crippen molar-refractivity contribution in [2.45, 2.75) is 26.8 Å². The van der Waals surface area contributed by atoms with E-state index < -0.39 is 0 Å². The van der Waals surface area contributed by atoms with E-state index in [0.717, 1.165) is 16.4 Å². The number of hydrogen-bond donors (Lipinski definition) is 2. The summed E-state index contributed by atoms with van der Waals surface area (Å²) in [4.78, 5) is 28.9. The lowest BCUT2D eigenvalue weighted by molar-refractivity contribution is 0.0879. The number of aromatic nitrogens is 1. The minimum Gasteiger partial charge on any atom is -0.377 e. The van der Waals surface area contributed by atoms with E-state index in [1.807, 2.05) is 26.8 Å². The number of benzene rings is 1. The number of imide groups is 1. The van der Waals surface area contributed by atoms with E-state index in [-0.39, 0.29) is 17.9 Å². The van der Waals surface area contributed by atoms with Crippen LogP contribution in [0.5, 0.6) is 0 Å². The summed E-state index contributed by atoms with van der Waals surface area (Å²) in [6.45, 7) is 6.06. The van der Waals surface area contributed by atoms with Crippen LogP contribution in [0, 0.1) is 13.8 Å². The average molecular weight is 301 g/mol. The van der Waals surface area contributed by atoms with Crippen LogP contribution in [-0.2, 0) is 0 Å². The van der Waals surface area contributed by atoms with E-state index in [2.05, 4.69) is 15.6 Å². The first-order valence-electron chi connectivity index (χ1n) is 6.66. The monoisotopic (exact) mass is 301 g/mol. The Morgan fingerprint density at radius 1 is 1.19 bits per heavy atom. The Labute approximate surface area is 126 Å². The molecule has 2 aromatic rings. The minimum absolute atomic E-state index is 0.0353. The Morgan fingerprint density at radius 3 is 2.57 bits per heavy atom. The third kappa shape index (κ3) is 2.42. The Balaban J connectivity index is 1.86. The van der Waals surface area contributed by atoms with Gasteiger partial charge in [0.15, 0.2) is 0 Å². The number of rotatable bonds is 3. The molecule has 1 unspecified atom stereocenters. The van der Waals surface area contributed by atoms with Gasteiger partial charge in [-0.1, -0.05) is 0 Å². The number of hydrogen-bond acceptors (Lipinski definition) is 5. The molecular weight excluding hydrogens is 286 g/mol. The number of carbonyl (C=O) groups excluding carboxylic acids is 2. The second-order valence-corrected chi connectivity index (χ2v) is 6.49. The van der Waals surface area contributed by atoms with Gasteiger partial charge in [-0.25, -0.2) is 4.98 Å². The van der Waals surface area contributed by atoms with Gasteiger partial charge in [-0.15, -0.1) is 11.3 Å². The second kappa shape index (κ2) is 4.96. The third-order valence-corrected chi connectivity index (χ3v) is 4.37. The molecule has 108 valence electrons. The van der Waals surface area contributed by atoms with Crippen LogP contribution >= 0.6 is 11.3 Å². The van der Waals surface area contributed by atoms with Crippen molar-refractivity contribution < 1.29 is 9.59 Å². The summed E-state index contributed by atoms with van der Waals surface area (Å²) in [7, 11) is 0. The number of carbonyl (C=O) groups is 2. The Kier molecular flexibility index (Phi) is 3.25. The van der Waals surface area contributed by atoms with Gasteiger partial charge in [-0.05, 0) is 39.0 Å². The maximum Gasteiger partial charge on any atom is 0.259 e. The van der Waals surface area contributed by atoms with Gasteiger partial charge in [-0.2, -0.15) is 0 Å². The molecule has 0 saturated heterocycles. The molecule has 0 saturated carbocycles. The average Bonchev–Trinajstić information content (AvgIpc) is 2.90. The molecule has 1 aromatic carbocycles. The van der Waals surface area contributed by atoms with E-state index in [1.54, 1.807) is 23.5 Å². The molecule has 0 fully saturated rings. The standard InChI is InChI=1S/C15H15N3O2S/c1-7(13-8(2)21-9(3)17-13)16-10-4-5-11-12(6-10)15(20)18-14(11)19/h4-7,16H,1-3H3,(H,18,19,20). The van der Waals surface area contributed by atoms with Gasteiger partial charge >= 0.3 is 0 Å². The summed E-state index contributed by atoms with van der Waals surface area (Å²) in [5.41, 5.74) is 2.66. The highest BCUT2D eigenvalue weighted by atomic mass is 32.1. The molecule has 2 amide bonds. The second-order valence-electron chi connectivity index (χ2n) is 5.08. The number of nitrogens with one attached hydrogen (secondary N) is 2. The number of thiazole rings is 1. The number of fused-ring (bicyclic) bond motifs is 1. The zero-order valence-corrected chi connectivity index (χ0v) is 12.8. The fourth-order valence-corrected chi connectivity index (χ4v) is 3.44. The van der Waals surface area contributed by atoms with Crippen molar-refractivity contribution in [3.05, 3.63) is 44.9 Å². The molecule has 5 nitrogen and oxygen atoms in total. The largest absolute Gasteiger partial charge is 0.377 e. The number of aryl methyl sites for hydroxylation is 2. The molecule has 0 spiro atoms. The summed E-state index contributed by atoms with van der Waals surface area (Å²) in [5, 5.41) is 6.66. The highest BCUT2D eigenvalue weighted by molar-refractivity contribution is 7.11. The van der Waals surface area contributed by atoms with Crippen molar-refractivity contribution in [2.75, 3.05) is 5.32 Å². The molecule has 6 heteroatoms. The quantitative estimate of drug-likeness (QED) is 0.855. The summed E-state index contributed by atoms with van der Waals surface area (Å²) in [5.74, 6) is -0.674. The highest BCUT2D eigenvalue weighted by Crippen LogP contribution is 2.27. The number of anilines is 1. The lowest BCUT2D eigenvalue weighted by atomic mass is 10.1. The van der Waals surface area contributed by atoms with Crippen molar-refractivity contribution in [1.82, 2.24) is 10.3 Å². The molecule has 21 heavy (non-hydrogen) atoms. The Bertz CT molecular complexity index is 751. The van der Waals surface area contributed by atoms with E-state index in [9.17, 15) is 9.59 Å². The first kappa shape index (κ1) is 13.8. The Morgan fingerprint density at radius 2 is 1.90 bits per heavy atom. The SMILES string of the molecule is Cc1nc(C(C)Nc2ccc3c(c2)C(=O)NC3=O)c(C)s1. The molecule has 0 radical (unpaired) electrons. The van der Waals surface area contributed by atoms with Gasteiger partial charge in [0.05, 0.1) is 27.9 Å². The maximum absolute atomic E-state index is 11.7. The zero-order chi connectivity index (χ0) is 15.1. The lowest BCUT2D eigenvalue weighted by Crippen LogP contribution is -2.19. The summed E-state index contributed by atoms with van der Waals surface area (Å²) in [6, 6.07) is 5.22. The summed E-state index contributed by atoms with van der Waals surface area (Å²) < 4.78 is 0. The normalized spacial score (nSPS) is 14.8. The molecule has 2 N–H and O–H groups in total. The minimum atomic E-state index is -0.341. The fourth-order valence-electron chi connectivity index (χ4n) is 2.52. The van der Waals surface area contributed by atoms with Crippen molar-refractivity contribution in [1.29, 1.82) is 0 Å². The van der Waals surface area contributed by atoms with Gasteiger partial charge in [0.2, 0.25) is 0 Å². The molecule has 3 rings (SSSR count). The highest BCUT2D eigenvalue weighted by Gasteiger charge is 2.26. The summed E-state index contributed by atoms with van der Waals surface area (Å²) in [6.07, 6.45) is 0. The molecule has 1 aromatic heterocycles. The van der Waals surface area contributed by atoms with Crippen molar-refractivity contribution in [3.63, 3.8) is 0 Å². The predicted octanol–water partition coefficient (Wildman–Crippen LogP) is 2.82. The number of amides is 2. The van der Waals surface area contributed by atoms with Crippen molar-refractivity contribution >= 4 is 28.8 Å². The third-order valence-electron chi connectivity index (χ3n) is 3.47. The molecule has 0 aliphatic carbocycles. The molecule has 1 aliphatic rings. The van der Waals surface area contributed by atoms with Crippen LogP contribution in [0.25, 0.3) is 0 Å². The predicted molar refractivity (Wildman–Crippen MR) is 81.9 cm³/mol. The smallest absolute Gasteiger partial charge is 0.259 e.